The number of hydrogen-bond donors (Lipinski definition) is 1. The quantitative estimate of drug-likeness (QED) is 0.794. The van der Waals surface area contributed by atoms with Gasteiger partial charge in [0.2, 0.25) is 0 Å². The summed E-state index contributed by atoms with van der Waals surface area (Å²) in [5.74, 6) is 0.455. The van der Waals surface area contributed by atoms with Crippen LogP contribution in [0.25, 0.3) is 10.9 Å². The minimum atomic E-state index is -0.212. The first-order valence-electron chi connectivity index (χ1n) is 5.37. The molecule has 0 atom stereocenters. The van der Waals surface area contributed by atoms with Gasteiger partial charge in [-0.3, -0.25) is 0 Å². The molecule has 16 heavy (non-hydrogen) atoms. The molecule has 1 N–H and O–H groups in total. The summed E-state index contributed by atoms with van der Waals surface area (Å²) in [6.45, 7) is 2.51. The van der Waals surface area contributed by atoms with Gasteiger partial charge in [0.1, 0.15) is 5.82 Å². The molecular weight excluding hydrogens is 207 g/mol. The smallest absolute Gasteiger partial charge is 0.151 e. The molecule has 3 rings (SSSR count). The second-order valence-corrected chi connectivity index (χ2v) is 3.94. The zero-order valence-corrected chi connectivity index (χ0v) is 9.09. The molecule has 0 saturated heterocycles. The molecule has 84 valence electrons. The Hall–Kier alpha value is -1.55. The molecule has 1 aliphatic rings. The van der Waals surface area contributed by atoms with Crippen LogP contribution in [0.15, 0.2) is 18.2 Å². The second kappa shape index (κ2) is 3.49. The van der Waals surface area contributed by atoms with E-state index in [1.54, 1.807) is 13.2 Å². The molecule has 0 bridgehead atoms. The van der Waals surface area contributed by atoms with Crippen LogP contribution < -0.4 is 10.1 Å². The molecule has 0 unspecified atom stereocenters. The lowest BCUT2D eigenvalue weighted by atomic mass is 10.2. The zero-order valence-electron chi connectivity index (χ0n) is 9.09. The van der Waals surface area contributed by atoms with E-state index in [9.17, 15) is 4.39 Å². The normalized spacial score (nSPS) is 15.1. The lowest BCUT2D eigenvalue weighted by Gasteiger charge is -2.17. The molecular formula is C12H13FN2O. The highest BCUT2D eigenvalue weighted by Crippen LogP contribution is 2.35. The van der Waals surface area contributed by atoms with Crippen molar-refractivity contribution in [1.82, 2.24) is 9.88 Å². The number of ether oxygens (including phenoxy) is 1. The highest BCUT2D eigenvalue weighted by molar-refractivity contribution is 5.89. The third kappa shape index (κ3) is 1.16. The van der Waals surface area contributed by atoms with Crippen molar-refractivity contribution in [1.29, 1.82) is 0 Å². The van der Waals surface area contributed by atoms with E-state index >= 15 is 0 Å². The average molecular weight is 220 g/mol. The molecule has 1 aliphatic heterocycles. The van der Waals surface area contributed by atoms with Crippen molar-refractivity contribution >= 4 is 10.9 Å². The largest absolute Gasteiger partial charge is 0.494 e. The Morgan fingerprint density at radius 3 is 3.12 bits per heavy atom. The Kier molecular flexibility index (Phi) is 2.11. The number of aromatic nitrogens is 1. The van der Waals surface area contributed by atoms with Gasteiger partial charge < -0.3 is 14.6 Å². The molecule has 0 saturated carbocycles. The van der Waals surface area contributed by atoms with Crippen LogP contribution in [0.2, 0.25) is 0 Å². The van der Waals surface area contributed by atoms with Gasteiger partial charge in [-0.25, -0.2) is 4.39 Å². The molecule has 4 heteroatoms. The highest BCUT2D eigenvalue weighted by atomic mass is 19.1. The predicted octanol–water partition coefficient (Wildman–Crippen LogP) is 1.89. The van der Waals surface area contributed by atoms with Gasteiger partial charge in [0.15, 0.2) is 5.75 Å². The van der Waals surface area contributed by atoms with Crippen molar-refractivity contribution in [3.63, 3.8) is 0 Å². The number of nitrogens with zero attached hydrogens (tertiary/aromatic N) is 1. The fourth-order valence-corrected chi connectivity index (χ4v) is 2.42. The van der Waals surface area contributed by atoms with E-state index in [0.29, 0.717) is 11.1 Å². The maximum Gasteiger partial charge on any atom is 0.151 e. The molecule has 0 fully saturated rings. The van der Waals surface area contributed by atoms with E-state index in [4.69, 9.17) is 4.74 Å². The third-order valence-corrected chi connectivity index (χ3v) is 3.11. The number of fused-ring (bicyclic) bond motifs is 3. The Morgan fingerprint density at radius 2 is 2.31 bits per heavy atom. The van der Waals surface area contributed by atoms with E-state index in [2.05, 4.69) is 9.88 Å². The van der Waals surface area contributed by atoms with E-state index in [1.807, 2.05) is 6.07 Å². The summed E-state index contributed by atoms with van der Waals surface area (Å²) in [7, 11) is 1.59. The second-order valence-electron chi connectivity index (χ2n) is 3.94. The summed E-state index contributed by atoms with van der Waals surface area (Å²) >= 11 is 0. The fraction of sp³-hybridized carbons (Fsp3) is 0.333. The van der Waals surface area contributed by atoms with E-state index < -0.39 is 0 Å². The van der Waals surface area contributed by atoms with Crippen molar-refractivity contribution in [2.45, 2.75) is 13.1 Å². The lowest BCUT2D eigenvalue weighted by Crippen LogP contribution is -2.27. The molecule has 2 heterocycles. The van der Waals surface area contributed by atoms with Crippen LogP contribution in [0.3, 0.4) is 0 Å². The van der Waals surface area contributed by atoms with Crippen LogP contribution in [0.5, 0.6) is 5.75 Å². The first-order valence-corrected chi connectivity index (χ1v) is 5.37. The van der Waals surface area contributed by atoms with Crippen molar-refractivity contribution in [3.05, 3.63) is 29.7 Å². The molecule has 0 spiro atoms. The monoisotopic (exact) mass is 220 g/mol. The number of hydrogen-bond acceptors (Lipinski definition) is 2. The Morgan fingerprint density at radius 1 is 1.44 bits per heavy atom. The number of methoxy groups -OCH3 is 1. The SMILES string of the molecule is COc1c2n(c3cccc(F)c13)CCNC2. The van der Waals surface area contributed by atoms with Gasteiger partial charge in [-0.2, -0.15) is 0 Å². The summed E-state index contributed by atoms with van der Waals surface area (Å²) in [4.78, 5) is 0. The number of rotatable bonds is 1. The van der Waals surface area contributed by atoms with Gasteiger partial charge in [0.25, 0.3) is 0 Å². The average Bonchev–Trinajstić information content (AvgIpc) is 2.65. The minimum Gasteiger partial charge on any atom is -0.494 e. The Bertz CT molecular complexity index is 547. The van der Waals surface area contributed by atoms with Crippen molar-refractivity contribution in [3.8, 4) is 5.75 Å². The molecule has 0 radical (unpaired) electrons. The maximum atomic E-state index is 13.8. The van der Waals surface area contributed by atoms with Crippen LogP contribution in [0.1, 0.15) is 5.69 Å². The fourth-order valence-electron chi connectivity index (χ4n) is 2.42. The Labute approximate surface area is 92.8 Å². The van der Waals surface area contributed by atoms with Gasteiger partial charge in [-0.1, -0.05) is 6.07 Å². The van der Waals surface area contributed by atoms with Gasteiger partial charge in [0.05, 0.1) is 23.7 Å². The van der Waals surface area contributed by atoms with Crippen LogP contribution in [-0.2, 0) is 13.1 Å². The third-order valence-electron chi connectivity index (χ3n) is 3.11. The van der Waals surface area contributed by atoms with Crippen LogP contribution in [0.4, 0.5) is 4.39 Å². The summed E-state index contributed by atoms with van der Waals surface area (Å²) in [6.07, 6.45) is 0. The number of benzene rings is 1. The van der Waals surface area contributed by atoms with Crippen molar-refractivity contribution in [2.75, 3.05) is 13.7 Å². The lowest BCUT2D eigenvalue weighted by molar-refractivity contribution is 0.399. The molecule has 1 aromatic heterocycles. The first-order chi connectivity index (χ1) is 7.83. The van der Waals surface area contributed by atoms with Crippen molar-refractivity contribution in [2.24, 2.45) is 0 Å². The minimum absolute atomic E-state index is 0.212. The predicted molar refractivity (Wildman–Crippen MR) is 60.2 cm³/mol. The number of halogens is 1. The van der Waals surface area contributed by atoms with Gasteiger partial charge >= 0.3 is 0 Å². The van der Waals surface area contributed by atoms with Crippen LogP contribution in [-0.4, -0.2) is 18.2 Å². The summed E-state index contributed by atoms with van der Waals surface area (Å²) in [5, 5.41) is 3.87. The summed E-state index contributed by atoms with van der Waals surface area (Å²) in [5.41, 5.74) is 1.96. The molecule has 0 aliphatic carbocycles. The first kappa shape index (κ1) is 9.66. The molecule has 3 nitrogen and oxygen atoms in total. The standard InChI is InChI=1S/C12H13FN2O/c1-16-12-10-7-14-5-6-15(10)9-4-2-3-8(13)11(9)12/h2-4,14H,5-7H2,1H3. The van der Waals surface area contributed by atoms with E-state index in [1.165, 1.54) is 6.07 Å². The van der Waals surface area contributed by atoms with E-state index in [0.717, 1.165) is 30.8 Å². The zero-order chi connectivity index (χ0) is 11.1. The topological polar surface area (TPSA) is 26.2 Å². The van der Waals surface area contributed by atoms with E-state index in [-0.39, 0.29) is 5.82 Å². The van der Waals surface area contributed by atoms with Crippen LogP contribution >= 0.6 is 0 Å². The summed E-state index contributed by atoms with van der Waals surface area (Å²) < 4.78 is 21.3. The molecule has 0 amide bonds. The van der Waals surface area contributed by atoms with Crippen LogP contribution in [0, 0.1) is 5.82 Å². The molecule has 2 aromatic rings. The van der Waals surface area contributed by atoms with Crippen molar-refractivity contribution < 1.29 is 9.13 Å². The van der Waals surface area contributed by atoms with Gasteiger partial charge in [0, 0.05) is 19.6 Å². The Balaban J connectivity index is 2.42. The van der Waals surface area contributed by atoms with Gasteiger partial charge in [-0.15, -0.1) is 0 Å². The maximum absolute atomic E-state index is 13.8. The summed E-state index contributed by atoms with van der Waals surface area (Å²) in [6, 6.07) is 5.16. The molecule has 1 aromatic carbocycles. The van der Waals surface area contributed by atoms with Gasteiger partial charge in [-0.05, 0) is 12.1 Å². The number of nitrogens with one attached hydrogen (secondary N) is 1. The highest BCUT2D eigenvalue weighted by Gasteiger charge is 2.22.